The number of hydrogen-bond acceptors (Lipinski definition) is 12. The maximum atomic E-state index is 13.1. The number of nitrogens with zero attached hydrogens (tertiary/aromatic N) is 11. The average Bonchev–Trinajstić information content (AvgIpc) is 1.59. The maximum absolute atomic E-state index is 13.1. The first-order chi connectivity index (χ1) is 63.6. The molecule has 16 aliphatic rings. The van der Waals surface area contributed by atoms with Crippen LogP contribution in [-0.4, -0.2) is 128 Å². The Labute approximate surface area is 791 Å². The van der Waals surface area contributed by atoms with E-state index in [9.17, 15) is 28.8 Å². The van der Waals surface area contributed by atoms with Crippen LogP contribution in [0.4, 0.5) is 4.79 Å². The summed E-state index contributed by atoms with van der Waals surface area (Å²) in [6.07, 6.45) is 37.1. The van der Waals surface area contributed by atoms with Gasteiger partial charge < -0.3 is 28.4 Å². The maximum Gasteiger partial charge on any atom is 0.510 e. The highest BCUT2D eigenvalue weighted by atomic mass is 28.3. The molecule has 16 rings (SSSR count). The molecule has 10 atom stereocenters. The van der Waals surface area contributed by atoms with E-state index < -0.39 is 42.0 Å². The molecule has 1 saturated heterocycles. The van der Waals surface area contributed by atoms with Crippen LogP contribution in [0.1, 0.15) is 197 Å². The van der Waals surface area contributed by atoms with Crippen molar-refractivity contribution in [2.75, 3.05) is 33.0 Å². The Hall–Kier alpha value is -13.5. The number of amides is 1. The van der Waals surface area contributed by atoms with Crippen LogP contribution in [0.5, 0.6) is 0 Å². The molecule has 2 unspecified atom stereocenters. The molecule has 0 saturated carbocycles. The molecule has 24 heteroatoms. The molecule has 0 aromatic heterocycles. The molecule has 2 aliphatic heterocycles. The van der Waals surface area contributed by atoms with Gasteiger partial charge in [0.25, 0.3) is 0 Å². The van der Waals surface area contributed by atoms with E-state index >= 15 is 0 Å². The average molecular weight is 1820 g/mol. The Morgan fingerprint density at radius 3 is 1.24 bits per heavy atom. The molecule has 14 aliphatic carbocycles. The van der Waals surface area contributed by atoms with E-state index in [1.807, 2.05) is 45.9 Å². The zero-order valence-electron chi connectivity index (χ0n) is 79.4. The van der Waals surface area contributed by atoms with Gasteiger partial charge in [0.2, 0.25) is 0 Å². The molecule has 0 aromatic rings. The minimum atomic E-state index is -1.66. The second-order valence-electron chi connectivity index (χ2n) is 39.6. The molecule has 134 heavy (non-hydrogen) atoms. The number of carbonyl (C=O) groups is 6. The van der Waals surface area contributed by atoms with E-state index in [1.165, 1.54) is 42.7 Å². The Morgan fingerprint density at radius 1 is 0.440 bits per heavy atom. The minimum absolute atomic E-state index is 0.0624. The monoisotopic (exact) mass is 1810 g/mol. The van der Waals surface area contributed by atoms with E-state index in [0.717, 1.165) is 176 Å². The van der Waals surface area contributed by atoms with Crippen LogP contribution in [0.3, 0.4) is 0 Å². The smallest absolute Gasteiger partial charge is 0.466 e. The van der Waals surface area contributed by atoms with Gasteiger partial charge in [0, 0.05) is 56.4 Å². The highest BCUT2D eigenvalue weighted by molar-refractivity contribution is 6.84. The van der Waals surface area contributed by atoms with E-state index in [1.54, 1.807) is 11.8 Å². The first kappa shape index (κ1) is 99.5. The third-order valence-electron chi connectivity index (χ3n) is 28.6. The number of allylic oxidation sites excluding steroid dienone is 17. The van der Waals surface area contributed by atoms with Crippen molar-refractivity contribution in [1.82, 2.24) is 4.90 Å². The molecule has 690 valence electrons. The van der Waals surface area contributed by atoms with E-state index in [4.69, 9.17) is 94.1 Å². The summed E-state index contributed by atoms with van der Waals surface area (Å²) in [6, 6.07) is -0.342. The van der Waals surface area contributed by atoms with Gasteiger partial charge in [-0.1, -0.05) is 137 Å². The number of carbonyl (C=O) groups excluding carboxylic acids is 6. The number of esters is 5. The Kier molecular flexibility index (Phi) is 29.8. The quantitative estimate of drug-likeness (QED) is 0.0623. The van der Waals surface area contributed by atoms with Crippen molar-refractivity contribution in [2.45, 2.75) is 263 Å². The summed E-state index contributed by atoms with van der Waals surface area (Å²) in [7, 11) is -1.66. The predicted octanol–water partition coefficient (Wildman–Crippen LogP) is 23.8. The number of fused-ring (bicyclic) bond motifs is 13. The third-order valence-corrected chi connectivity index (χ3v) is 30.7. The highest BCUT2D eigenvalue weighted by Crippen LogP contribution is 2.59. The number of hydrogen-bond donors (Lipinski definition) is 0. The van der Waals surface area contributed by atoms with Crippen LogP contribution >= 0.6 is 0 Å². The van der Waals surface area contributed by atoms with Crippen LogP contribution in [-0.2, 0) is 52.4 Å². The topological polar surface area (TPSA) is 205 Å². The van der Waals surface area contributed by atoms with Gasteiger partial charge in [-0.05, 0) is 239 Å². The molecule has 0 N–H and O–H groups in total. The van der Waals surface area contributed by atoms with Crippen LogP contribution < -0.4 is 0 Å². The van der Waals surface area contributed by atoms with Crippen molar-refractivity contribution in [1.29, 1.82) is 0 Å². The fraction of sp³-hybridized carbons (Fsp3) is 0.491. The van der Waals surface area contributed by atoms with Gasteiger partial charge in [0.1, 0.15) is 85.4 Å². The van der Waals surface area contributed by atoms with Gasteiger partial charge in [0.15, 0.2) is 0 Å². The van der Waals surface area contributed by atoms with Crippen molar-refractivity contribution in [2.24, 2.45) is 47.3 Å². The lowest BCUT2D eigenvalue weighted by Crippen LogP contribution is -2.51. The normalized spacial score (nSPS) is 26.6. The summed E-state index contributed by atoms with van der Waals surface area (Å²) in [6.45, 7) is 122. The van der Waals surface area contributed by atoms with E-state index in [-0.39, 0.29) is 122 Å². The molecule has 2 bridgehead atoms. The van der Waals surface area contributed by atoms with Crippen LogP contribution in [0, 0.1) is 113 Å². The molecular weight excluding hydrogens is 1700 g/mol. The van der Waals surface area contributed by atoms with Crippen molar-refractivity contribution in [3.63, 3.8) is 0 Å². The van der Waals surface area contributed by atoms with Gasteiger partial charge in [-0.25, -0.2) is 119 Å². The molecular formula is C110H119N11O12Si. The Morgan fingerprint density at radius 2 is 0.821 bits per heavy atom. The summed E-state index contributed by atoms with van der Waals surface area (Å²) in [5.74, 6) is -1.49. The van der Waals surface area contributed by atoms with E-state index in [2.05, 4.69) is 157 Å². The van der Waals surface area contributed by atoms with Gasteiger partial charge in [-0.2, -0.15) is 0 Å². The lowest BCUT2D eigenvalue weighted by atomic mass is 9.76. The van der Waals surface area contributed by atoms with E-state index in [0.29, 0.717) is 76.9 Å². The summed E-state index contributed by atoms with van der Waals surface area (Å²) in [5.41, 5.74) is 15.9. The second kappa shape index (κ2) is 40.1. The van der Waals surface area contributed by atoms with Crippen molar-refractivity contribution in [3.05, 3.63) is 347 Å². The van der Waals surface area contributed by atoms with Crippen molar-refractivity contribution in [3.8, 4) is 0 Å². The van der Waals surface area contributed by atoms with Crippen molar-refractivity contribution >= 4 is 44.0 Å². The third kappa shape index (κ3) is 19.9. The van der Waals surface area contributed by atoms with Gasteiger partial charge in [0.05, 0.1) is 39.2 Å². The zero-order valence-corrected chi connectivity index (χ0v) is 80.4. The van der Waals surface area contributed by atoms with Crippen molar-refractivity contribution < 1.29 is 57.2 Å². The fourth-order valence-electron chi connectivity index (χ4n) is 22.5. The Balaban J connectivity index is 0.000000152. The zero-order chi connectivity index (χ0) is 97.6. The molecule has 2 heterocycles. The van der Waals surface area contributed by atoms with Crippen LogP contribution in [0.2, 0.25) is 19.6 Å². The molecule has 23 nitrogen and oxygen atoms in total. The lowest BCUT2D eigenvalue weighted by Gasteiger charge is -2.38. The summed E-state index contributed by atoms with van der Waals surface area (Å²) in [5, 5.41) is 1.33. The molecule has 0 aromatic carbocycles. The molecule has 0 spiro atoms. The van der Waals surface area contributed by atoms with Gasteiger partial charge in [-0.3, -0.25) is 28.9 Å². The van der Waals surface area contributed by atoms with Gasteiger partial charge >= 0.3 is 64.3 Å². The highest BCUT2D eigenvalue weighted by Gasteiger charge is 2.64. The predicted molar refractivity (Wildman–Crippen MR) is 515 cm³/mol. The van der Waals surface area contributed by atoms with Crippen LogP contribution in [0.25, 0.3) is 48.5 Å². The first-order valence-electron chi connectivity index (χ1n) is 46.3. The number of rotatable bonds is 11. The summed E-state index contributed by atoms with van der Waals surface area (Å²) < 4.78 is 31.8. The Bertz CT molecular complexity index is 6000. The lowest BCUT2D eigenvalue weighted by molar-refractivity contribution is -0.149. The first-order valence-corrected chi connectivity index (χ1v) is 49.8. The summed E-state index contributed by atoms with van der Waals surface area (Å²) in [4.78, 5) is 112. The minimum Gasteiger partial charge on any atom is -0.466 e. The second-order valence-corrected chi connectivity index (χ2v) is 44.6. The molecule has 0 radical (unpaired) electrons. The molecule has 1 amide bonds. The van der Waals surface area contributed by atoms with Crippen LogP contribution in [0.15, 0.2) is 233 Å². The molecule has 1 fully saturated rings. The SMILES string of the molecule is [C-]#[N+]C1([N+]#[C-])CC2=C(COC(C)=O)C(=C)CC2=C[C@@H]2C1=C[C@H]1CCC2N1C(=O)OC(C)(C)C.[C-]#[N+]C1([N+]#[C-])CC2=C(COC(C)=O)C(=C)CC2=C[C@@H]2C[C@@H](C(=O)OCC)CC=C21.[C-]#[N+]C1([N+]#[C-])CC2=C(COC(C)=O)C(=C)CC2=C[C@@H]2C[C@@H](C)CC=C21.[C-]#[N+]C1([N+]#[C-])CC2=C([Si](C)(C)C)C(=C)CC2=C[C@@H]2C[C@@H](C(=O)OCC)CC=C21.[C-]#[N+]C1([N+]#[C-])CC2=CC(=C)CC2=CC2CCCC=C21. The summed E-state index contributed by atoms with van der Waals surface area (Å²) >= 11 is 0. The standard InChI is InChI=1S/C26H29N3O4.C23H24N2O4.C23H28N2O2Si.C21H22N2O2.C17H16N2/c1-15-10-17-11-19-22(12-18-8-9-23(19)29(18)24(31)33-25(3,4)5)26(27-6,28-7)13-20(17)21(15)14-32-16(2)30;1-6-28-22(27)16-7-8-21-18(10-16)11-17-9-14(2)20(13-29-15(3)26)19(17)12-23(21,24-4)25-5;1-8-27-22(26)16-9-10-20-18(12-16)13-17-11-15(2)21(28(5,6)7)19(17)14-23(20,24-3)25-4;1-13-6-7-20-17(8-13)10-16-9-14(2)19(12-25-15(3)24)18(16)11-21(20,22-4)23-5;1-12-8-14-10-13-6-4-5-7-16(13)17(18-2,19-3)11-15(14)9-12/h11-12,18-19,23H,1,8-10,13-14H2,2-5H3;8,11,16,18H,2,6-7,9-10,12-13H2,1,3H3;10,13,16,18H,2,8-9,11-12,14H2,1,5-7H3;7,10,13,17H,2,6,8-9,11-12H2,1,3H3;7,9-10,13H,1,4-6,8,11H2/t18-,19-,23?;2*16-,18-;13-,17-;/m1000./s1. The largest absolute Gasteiger partial charge is 0.510 e. The van der Waals surface area contributed by atoms with Gasteiger partial charge in [-0.15, -0.1) is 0 Å². The number of ether oxygens (including phenoxy) is 6. The fourth-order valence-corrected chi connectivity index (χ4v) is 24.8.